The molecule has 2 aromatic rings. The standard InChI is InChI=1S/C15H18N2O2/c1-16-15-13-7-6-11(9-14(13)17-19-15)10-4-3-5-12(8-10)18-2/h3-5,8,11,16H,6-7,9H2,1-2H3. The van der Waals surface area contributed by atoms with Gasteiger partial charge in [-0.25, -0.2) is 0 Å². The number of fused-ring (bicyclic) bond motifs is 1. The Labute approximate surface area is 112 Å². The SMILES string of the molecule is CNc1onc2c1CCC(c1cccc(OC)c1)C2. The van der Waals surface area contributed by atoms with E-state index in [2.05, 4.69) is 22.6 Å². The highest BCUT2D eigenvalue weighted by Crippen LogP contribution is 2.36. The van der Waals surface area contributed by atoms with E-state index in [0.717, 1.165) is 36.6 Å². The number of aromatic nitrogens is 1. The number of hydrogen-bond acceptors (Lipinski definition) is 4. The maximum absolute atomic E-state index is 5.31. The summed E-state index contributed by atoms with van der Waals surface area (Å²) in [6, 6.07) is 8.31. The molecule has 0 fully saturated rings. The van der Waals surface area contributed by atoms with Gasteiger partial charge in [-0.1, -0.05) is 17.3 Å². The highest BCUT2D eigenvalue weighted by molar-refractivity contribution is 5.45. The molecular weight excluding hydrogens is 240 g/mol. The van der Waals surface area contributed by atoms with Crippen molar-refractivity contribution in [1.82, 2.24) is 5.16 Å². The van der Waals surface area contributed by atoms with Crippen molar-refractivity contribution in [3.8, 4) is 5.75 Å². The molecule has 19 heavy (non-hydrogen) atoms. The Morgan fingerprint density at radius 3 is 3.11 bits per heavy atom. The van der Waals surface area contributed by atoms with E-state index in [-0.39, 0.29) is 0 Å². The number of methoxy groups -OCH3 is 1. The molecule has 4 heteroatoms. The van der Waals surface area contributed by atoms with Crippen molar-refractivity contribution in [1.29, 1.82) is 0 Å². The van der Waals surface area contributed by atoms with Crippen LogP contribution >= 0.6 is 0 Å². The summed E-state index contributed by atoms with van der Waals surface area (Å²) in [5, 5.41) is 7.24. The summed E-state index contributed by atoms with van der Waals surface area (Å²) >= 11 is 0. The molecule has 1 atom stereocenters. The van der Waals surface area contributed by atoms with Crippen LogP contribution in [-0.4, -0.2) is 19.3 Å². The molecule has 100 valence electrons. The molecule has 1 aromatic heterocycles. The normalized spacial score (nSPS) is 17.9. The van der Waals surface area contributed by atoms with Crippen LogP contribution in [0.5, 0.6) is 5.75 Å². The van der Waals surface area contributed by atoms with Crippen LogP contribution in [0, 0.1) is 0 Å². The number of anilines is 1. The van der Waals surface area contributed by atoms with Gasteiger partial charge in [-0.15, -0.1) is 0 Å². The van der Waals surface area contributed by atoms with E-state index in [0.29, 0.717) is 5.92 Å². The largest absolute Gasteiger partial charge is 0.497 e. The first-order chi connectivity index (χ1) is 9.31. The maximum Gasteiger partial charge on any atom is 0.227 e. The van der Waals surface area contributed by atoms with Crippen LogP contribution < -0.4 is 10.1 Å². The Kier molecular flexibility index (Phi) is 3.15. The fourth-order valence-electron chi connectivity index (χ4n) is 2.79. The van der Waals surface area contributed by atoms with Crippen molar-refractivity contribution in [3.05, 3.63) is 41.1 Å². The van der Waals surface area contributed by atoms with Crippen molar-refractivity contribution in [3.63, 3.8) is 0 Å². The quantitative estimate of drug-likeness (QED) is 0.919. The molecule has 0 radical (unpaired) electrons. The van der Waals surface area contributed by atoms with Crippen LogP contribution in [-0.2, 0) is 12.8 Å². The van der Waals surface area contributed by atoms with E-state index in [9.17, 15) is 0 Å². The van der Waals surface area contributed by atoms with Gasteiger partial charge < -0.3 is 14.6 Å². The van der Waals surface area contributed by atoms with E-state index in [1.807, 2.05) is 19.2 Å². The Balaban J connectivity index is 1.85. The summed E-state index contributed by atoms with van der Waals surface area (Å²) in [7, 11) is 3.57. The first-order valence-corrected chi connectivity index (χ1v) is 6.61. The van der Waals surface area contributed by atoms with Crippen molar-refractivity contribution in [2.45, 2.75) is 25.2 Å². The summed E-state index contributed by atoms with van der Waals surface area (Å²) < 4.78 is 10.6. The molecule has 0 saturated heterocycles. The second-order valence-electron chi connectivity index (χ2n) is 4.90. The third-order valence-corrected chi connectivity index (χ3v) is 3.84. The Bertz CT molecular complexity index is 577. The van der Waals surface area contributed by atoms with E-state index in [1.54, 1.807) is 7.11 Å². The number of hydrogen-bond donors (Lipinski definition) is 1. The lowest BCUT2D eigenvalue weighted by atomic mass is 9.83. The Morgan fingerprint density at radius 1 is 1.42 bits per heavy atom. The van der Waals surface area contributed by atoms with Crippen LogP contribution in [0.3, 0.4) is 0 Å². The molecule has 0 aliphatic heterocycles. The first kappa shape index (κ1) is 12.1. The van der Waals surface area contributed by atoms with Crippen molar-refractivity contribution in [2.75, 3.05) is 19.5 Å². The molecule has 0 spiro atoms. The van der Waals surface area contributed by atoms with Crippen LogP contribution in [0.4, 0.5) is 5.88 Å². The molecule has 1 aliphatic carbocycles. The minimum absolute atomic E-state index is 0.498. The van der Waals surface area contributed by atoms with Crippen LogP contribution in [0.1, 0.15) is 29.2 Å². The minimum Gasteiger partial charge on any atom is -0.497 e. The van der Waals surface area contributed by atoms with Gasteiger partial charge in [-0.3, -0.25) is 0 Å². The lowest BCUT2D eigenvalue weighted by Crippen LogP contribution is -2.13. The van der Waals surface area contributed by atoms with Gasteiger partial charge in [0.2, 0.25) is 5.88 Å². The number of benzene rings is 1. The Hall–Kier alpha value is -1.97. The molecule has 1 heterocycles. The van der Waals surface area contributed by atoms with Crippen LogP contribution in [0.2, 0.25) is 0 Å². The summed E-state index contributed by atoms with van der Waals surface area (Å²) in [6.07, 6.45) is 3.07. The highest BCUT2D eigenvalue weighted by Gasteiger charge is 2.26. The van der Waals surface area contributed by atoms with E-state index in [4.69, 9.17) is 9.26 Å². The second kappa shape index (κ2) is 4.96. The molecule has 0 bridgehead atoms. The zero-order valence-corrected chi connectivity index (χ0v) is 11.3. The number of rotatable bonds is 3. The lowest BCUT2D eigenvalue weighted by molar-refractivity contribution is 0.412. The van der Waals surface area contributed by atoms with Gasteiger partial charge in [0.1, 0.15) is 5.75 Å². The van der Waals surface area contributed by atoms with Gasteiger partial charge in [0, 0.05) is 19.0 Å². The zero-order valence-electron chi connectivity index (χ0n) is 11.3. The van der Waals surface area contributed by atoms with E-state index >= 15 is 0 Å². The van der Waals surface area contributed by atoms with Crippen molar-refractivity contribution in [2.24, 2.45) is 0 Å². The number of nitrogens with one attached hydrogen (secondary N) is 1. The van der Waals surface area contributed by atoms with E-state index < -0.39 is 0 Å². The average molecular weight is 258 g/mol. The fraction of sp³-hybridized carbons (Fsp3) is 0.400. The van der Waals surface area contributed by atoms with Gasteiger partial charge in [0.25, 0.3) is 0 Å². The first-order valence-electron chi connectivity index (χ1n) is 6.61. The predicted molar refractivity (Wildman–Crippen MR) is 73.8 cm³/mol. The molecule has 0 amide bonds. The van der Waals surface area contributed by atoms with Crippen molar-refractivity contribution >= 4 is 5.88 Å². The monoisotopic (exact) mass is 258 g/mol. The van der Waals surface area contributed by atoms with Gasteiger partial charge in [0.15, 0.2) is 0 Å². The lowest BCUT2D eigenvalue weighted by Gasteiger charge is -2.21. The van der Waals surface area contributed by atoms with Gasteiger partial charge in [-0.2, -0.15) is 0 Å². The van der Waals surface area contributed by atoms with Gasteiger partial charge >= 0.3 is 0 Å². The summed E-state index contributed by atoms with van der Waals surface area (Å²) in [5.74, 6) is 2.23. The third-order valence-electron chi connectivity index (χ3n) is 3.84. The number of ether oxygens (including phenoxy) is 1. The summed E-state index contributed by atoms with van der Waals surface area (Å²) in [4.78, 5) is 0. The van der Waals surface area contributed by atoms with Crippen molar-refractivity contribution < 1.29 is 9.26 Å². The molecule has 0 saturated carbocycles. The highest BCUT2D eigenvalue weighted by atomic mass is 16.5. The smallest absolute Gasteiger partial charge is 0.227 e. The molecule has 4 nitrogen and oxygen atoms in total. The molecular formula is C15H18N2O2. The topological polar surface area (TPSA) is 47.3 Å². The zero-order chi connectivity index (χ0) is 13.2. The Morgan fingerprint density at radius 2 is 2.32 bits per heavy atom. The molecule has 3 rings (SSSR count). The van der Waals surface area contributed by atoms with Crippen LogP contribution in [0.15, 0.2) is 28.8 Å². The van der Waals surface area contributed by atoms with E-state index in [1.165, 1.54) is 11.1 Å². The van der Waals surface area contributed by atoms with Gasteiger partial charge in [-0.05, 0) is 36.5 Å². The van der Waals surface area contributed by atoms with Crippen LogP contribution in [0.25, 0.3) is 0 Å². The average Bonchev–Trinajstić information content (AvgIpc) is 2.89. The maximum atomic E-state index is 5.31. The fourth-order valence-corrected chi connectivity index (χ4v) is 2.79. The van der Waals surface area contributed by atoms with Gasteiger partial charge in [0.05, 0.1) is 12.8 Å². The molecule has 1 aliphatic rings. The molecule has 1 N–H and O–H groups in total. The molecule has 1 unspecified atom stereocenters. The second-order valence-corrected chi connectivity index (χ2v) is 4.90. The summed E-state index contributed by atoms with van der Waals surface area (Å²) in [5.41, 5.74) is 3.64. The minimum atomic E-state index is 0.498. The summed E-state index contributed by atoms with van der Waals surface area (Å²) in [6.45, 7) is 0. The molecule has 1 aromatic carbocycles. The third kappa shape index (κ3) is 2.18. The number of nitrogens with zero attached hydrogens (tertiary/aromatic N) is 1. The predicted octanol–water partition coefficient (Wildman–Crippen LogP) is 3.00.